The number of hydrogen-bond donors (Lipinski definition) is 1. The Labute approximate surface area is 165 Å². The van der Waals surface area contributed by atoms with Crippen molar-refractivity contribution in [2.24, 2.45) is 0 Å². The van der Waals surface area contributed by atoms with Crippen LogP contribution in [0.3, 0.4) is 0 Å². The van der Waals surface area contributed by atoms with Gasteiger partial charge in [-0.1, -0.05) is 27.5 Å². The van der Waals surface area contributed by atoms with Gasteiger partial charge in [0.05, 0.1) is 34.9 Å². The zero-order chi connectivity index (χ0) is 18.8. The Kier molecular flexibility index (Phi) is 5.34. The first-order chi connectivity index (χ1) is 12.4. The first-order valence-electron chi connectivity index (χ1n) is 7.87. The molecule has 0 aliphatic rings. The molecule has 0 aliphatic heterocycles. The molecule has 0 aliphatic carbocycles. The van der Waals surface area contributed by atoms with Gasteiger partial charge in [0.15, 0.2) is 0 Å². The molecule has 0 unspecified atom stereocenters. The van der Waals surface area contributed by atoms with Crippen LogP contribution in [0, 0.1) is 13.8 Å². The van der Waals surface area contributed by atoms with E-state index in [1.165, 1.54) is 0 Å². The SMILES string of the molecule is COc1ccc(Br)cc1NC(=O)c1ccc(-n2nc(C)c(Cl)c2C)cc1. The average molecular weight is 435 g/mol. The number of carbonyl (C=O) groups is 1. The standard InChI is InChI=1S/C19H17BrClN3O2/c1-11-18(21)12(2)24(23-11)15-7-4-13(5-8-15)19(25)22-16-10-14(20)6-9-17(16)26-3/h4-10H,1-3H3,(H,22,25). The molecule has 0 atom stereocenters. The molecule has 1 amide bonds. The zero-order valence-corrected chi connectivity index (χ0v) is 16.9. The number of hydrogen-bond acceptors (Lipinski definition) is 3. The van der Waals surface area contributed by atoms with Gasteiger partial charge in [0.25, 0.3) is 5.91 Å². The molecule has 5 nitrogen and oxygen atoms in total. The van der Waals surface area contributed by atoms with Crippen LogP contribution in [0.15, 0.2) is 46.9 Å². The van der Waals surface area contributed by atoms with Crippen molar-refractivity contribution in [2.75, 3.05) is 12.4 Å². The number of aryl methyl sites for hydroxylation is 1. The van der Waals surface area contributed by atoms with Gasteiger partial charge in [-0.3, -0.25) is 4.79 Å². The maximum Gasteiger partial charge on any atom is 0.255 e. The third-order valence-corrected chi connectivity index (χ3v) is 5.03. The summed E-state index contributed by atoms with van der Waals surface area (Å²) in [5.74, 6) is 0.370. The van der Waals surface area contributed by atoms with Gasteiger partial charge in [-0.05, 0) is 56.3 Å². The van der Waals surface area contributed by atoms with Gasteiger partial charge in [-0.2, -0.15) is 5.10 Å². The molecule has 0 saturated heterocycles. The summed E-state index contributed by atoms with van der Waals surface area (Å²) in [5, 5.41) is 7.93. The number of aromatic nitrogens is 2. The van der Waals surface area contributed by atoms with Crippen LogP contribution in [0.1, 0.15) is 21.7 Å². The summed E-state index contributed by atoms with van der Waals surface area (Å²) < 4.78 is 7.89. The highest BCUT2D eigenvalue weighted by atomic mass is 79.9. The van der Waals surface area contributed by atoms with Crippen LogP contribution in [0.25, 0.3) is 5.69 Å². The van der Waals surface area contributed by atoms with Crippen molar-refractivity contribution < 1.29 is 9.53 Å². The highest BCUT2D eigenvalue weighted by Crippen LogP contribution is 2.28. The summed E-state index contributed by atoms with van der Waals surface area (Å²) in [5.41, 5.74) is 3.60. The van der Waals surface area contributed by atoms with E-state index in [0.717, 1.165) is 21.5 Å². The van der Waals surface area contributed by atoms with Crippen molar-refractivity contribution in [3.63, 3.8) is 0 Å². The molecule has 0 bridgehead atoms. The Hall–Kier alpha value is -2.31. The molecular formula is C19H17BrClN3O2. The van der Waals surface area contributed by atoms with E-state index >= 15 is 0 Å². The Morgan fingerprint density at radius 3 is 2.46 bits per heavy atom. The minimum absolute atomic E-state index is 0.223. The number of nitrogens with zero attached hydrogens (tertiary/aromatic N) is 2. The smallest absolute Gasteiger partial charge is 0.255 e. The number of ether oxygens (including phenoxy) is 1. The molecule has 0 saturated carbocycles. The lowest BCUT2D eigenvalue weighted by Crippen LogP contribution is -2.13. The quantitative estimate of drug-likeness (QED) is 0.616. The summed E-state index contributed by atoms with van der Waals surface area (Å²) in [6.07, 6.45) is 0. The van der Waals surface area contributed by atoms with Crippen LogP contribution >= 0.6 is 27.5 Å². The number of benzene rings is 2. The van der Waals surface area contributed by atoms with Crippen LogP contribution in [0.4, 0.5) is 5.69 Å². The average Bonchev–Trinajstić information content (AvgIpc) is 2.89. The van der Waals surface area contributed by atoms with Crippen molar-refractivity contribution in [3.8, 4) is 11.4 Å². The van der Waals surface area contributed by atoms with Crippen molar-refractivity contribution in [3.05, 3.63) is 68.9 Å². The summed E-state index contributed by atoms with van der Waals surface area (Å²) in [6, 6.07) is 12.6. The maximum absolute atomic E-state index is 12.5. The first-order valence-corrected chi connectivity index (χ1v) is 9.05. The van der Waals surface area contributed by atoms with E-state index in [2.05, 4.69) is 26.3 Å². The van der Waals surface area contributed by atoms with Crippen molar-refractivity contribution in [1.29, 1.82) is 0 Å². The number of nitrogens with one attached hydrogen (secondary N) is 1. The maximum atomic E-state index is 12.5. The molecule has 2 aromatic carbocycles. The fourth-order valence-electron chi connectivity index (χ4n) is 2.60. The minimum atomic E-state index is -0.223. The van der Waals surface area contributed by atoms with Crippen molar-refractivity contribution >= 4 is 39.1 Å². The van der Waals surface area contributed by atoms with Gasteiger partial charge in [-0.25, -0.2) is 4.68 Å². The van der Waals surface area contributed by atoms with Crippen LogP contribution in [0.5, 0.6) is 5.75 Å². The fourth-order valence-corrected chi connectivity index (χ4v) is 3.08. The predicted octanol–water partition coefficient (Wildman–Crippen LogP) is 5.17. The second-order valence-corrected chi connectivity index (χ2v) is 7.04. The van der Waals surface area contributed by atoms with Gasteiger partial charge in [0.2, 0.25) is 0 Å². The molecule has 7 heteroatoms. The lowest BCUT2D eigenvalue weighted by molar-refractivity contribution is 0.102. The lowest BCUT2D eigenvalue weighted by atomic mass is 10.2. The highest BCUT2D eigenvalue weighted by molar-refractivity contribution is 9.10. The molecule has 0 spiro atoms. The number of halogens is 2. The Balaban J connectivity index is 1.83. The molecule has 26 heavy (non-hydrogen) atoms. The van der Waals surface area contributed by atoms with Gasteiger partial charge < -0.3 is 10.1 Å². The third-order valence-electron chi connectivity index (χ3n) is 3.99. The molecule has 134 valence electrons. The number of methoxy groups -OCH3 is 1. The zero-order valence-electron chi connectivity index (χ0n) is 14.5. The van der Waals surface area contributed by atoms with E-state index in [1.807, 2.05) is 32.0 Å². The van der Waals surface area contributed by atoms with E-state index in [4.69, 9.17) is 16.3 Å². The number of anilines is 1. The second-order valence-electron chi connectivity index (χ2n) is 5.74. The topological polar surface area (TPSA) is 56.1 Å². The first kappa shape index (κ1) is 18.5. The van der Waals surface area contributed by atoms with E-state index in [9.17, 15) is 4.79 Å². The Morgan fingerprint density at radius 1 is 1.19 bits per heavy atom. The van der Waals surface area contributed by atoms with Crippen molar-refractivity contribution in [1.82, 2.24) is 9.78 Å². The van der Waals surface area contributed by atoms with Gasteiger partial charge >= 0.3 is 0 Å². The van der Waals surface area contributed by atoms with E-state index < -0.39 is 0 Å². The Morgan fingerprint density at radius 2 is 1.88 bits per heavy atom. The monoisotopic (exact) mass is 433 g/mol. The molecule has 0 fully saturated rings. The molecule has 1 aromatic heterocycles. The number of rotatable bonds is 4. The van der Waals surface area contributed by atoms with E-state index in [0.29, 0.717) is 22.0 Å². The van der Waals surface area contributed by atoms with E-state index in [-0.39, 0.29) is 5.91 Å². The molecule has 1 heterocycles. The third kappa shape index (κ3) is 3.61. The normalized spacial score (nSPS) is 10.7. The van der Waals surface area contributed by atoms with Crippen LogP contribution < -0.4 is 10.1 Å². The van der Waals surface area contributed by atoms with Gasteiger partial charge in [-0.15, -0.1) is 0 Å². The summed E-state index contributed by atoms with van der Waals surface area (Å²) in [6.45, 7) is 3.77. The second kappa shape index (κ2) is 7.51. The van der Waals surface area contributed by atoms with Gasteiger partial charge in [0, 0.05) is 10.0 Å². The summed E-state index contributed by atoms with van der Waals surface area (Å²) in [7, 11) is 1.56. The van der Waals surface area contributed by atoms with Crippen LogP contribution in [-0.2, 0) is 0 Å². The number of amides is 1. The van der Waals surface area contributed by atoms with Gasteiger partial charge in [0.1, 0.15) is 5.75 Å². The summed E-state index contributed by atoms with van der Waals surface area (Å²) >= 11 is 9.59. The predicted molar refractivity (Wildman–Crippen MR) is 107 cm³/mol. The highest BCUT2D eigenvalue weighted by Gasteiger charge is 2.13. The molecule has 3 aromatic rings. The van der Waals surface area contributed by atoms with E-state index in [1.54, 1.807) is 36.1 Å². The van der Waals surface area contributed by atoms with Crippen molar-refractivity contribution in [2.45, 2.75) is 13.8 Å². The van der Waals surface area contributed by atoms with Crippen LogP contribution in [-0.4, -0.2) is 22.8 Å². The van der Waals surface area contributed by atoms with Crippen LogP contribution in [0.2, 0.25) is 5.02 Å². The molecule has 1 N–H and O–H groups in total. The fraction of sp³-hybridized carbons (Fsp3) is 0.158. The summed E-state index contributed by atoms with van der Waals surface area (Å²) in [4.78, 5) is 12.5. The molecule has 3 rings (SSSR count). The lowest BCUT2D eigenvalue weighted by Gasteiger charge is -2.11. The molecular weight excluding hydrogens is 418 g/mol. The largest absolute Gasteiger partial charge is 0.495 e. The molecule has 0 radical (unpaired) electrons. The number of carbonyl (C=O) groups excluding carboxylic acids is 1. The Bertz CT molecular complexity index is 968. The minimum Gasteiger partial charge on any atom is -0.495 e.